The van der Waals surface area contributed by atoms with E-state index in [1.165, 1.54) is 11.1 Å². The second-order valence-corrected chi connectivity index (χ2v) is 6.39. The molecule has 2 N–H and O–H groups in total. The second kappa shape index (κ2) is 6.89. The van der Waals surface area contributed by atoms with Crippen LogP contribution in [0.4, 0.5) is 5.69 Å². The van der Waals surface area contributed by atoms with Crippen LogP contribution in [0.3, 0.4) is 0 Å². The van der Waals surface area contributed by atoms with Crippen LogP contribution < -0.4 is 10.1 Å². The molecule has 25 heavy (non-hydrogen) atoms. The summed E-state index contributed by atoms with van der Waals surface area (Å²) in [5.74, 6) is 1.26. The number of rotatable bonds is 4. The minimum Gasteiger partial charge on any atom is -0.508 e. The van der Waals surface area contributed by atoms with E-state index in [-0.39, 0.29) is 6.04 Å². The van der Waals surface area contributed by atoms with Gasteiger partial charge < -0.3 is 15.2 Å². The third-order valence-corrected chi connectivity index (χ3v) is 4.66. The number of phenolic OH excluding ortho intramolecular Hbond substituents is 1. The number of ether oxygens (including phenoxy) is 1. The molecule has 4 rings (SSSR count). The lowest BCUT2D eigenvalue weighted by Crippen LogP contribution is -2.18. The highest BCUT2D eigenvalue weighted by Gasteiger charge is 2.22. The number of phenols is 1. The van der Waals surface area contributed by atoms with E-state index in [1.54, 1.807) is 6.07 Å². The van der Waals surface area contributed by atoms with Crippen LogP contribution in [0.1, 0.15) is 29.2 Å². The average molecular weight is 331 g/mol. The van der Waals surface area contributed by atoms with Crippen LogP contribution >= 0.6 is 0 Å². The van der Waals surface area contributed by atoms with E-state index in [0.29, 0.717) is 12.4 Å². The van der Waals surface area contributed by atoms with Gasteiger partial charge in [0.2, 0.25) is 0 Å². The lowest BCUT2D eigenvalue weighted by atomic mass is 9.93. The van der Waals surface area contributed by atoms with Crippen molar-refractivity contribution in [2.24, 2.45) is 0 Å². The smallest absolute Gasteiger partial charge is 0.125 e. The van der Waals surface area contributed by atoms with Crippen molar-refractivity contribution in [3.05, 3.63) is 89.5 Å². The topological polar surface area (TPSA) is 41.5 Å². The van der Waals surface area contributed by atoms with Crippen LogP contribution in [0, 0.1) is 0 Å². The summed E-state index contributed by atoms with van der Waals surface area (Å²) in [6.07, 6.45) is 1.93. The summed E-state index contributed by atoms with van der Waals surface area (Å²) in [7, 11) is 0. The van der Waals surface area contributed by atoms with E-state index >= 15 is 0 Å². The Labute approximate surface area is 147 Å². The second-order valence-electron chi connectivity index (χ2n) is 6.39. The summed E-state index contributed by atoms with van der Waals surface area (Å²) >= 11 is 0. The molecular formula is C22H21NO2. The summed E-state index contributed by atoms with van der Waals surface area (Å²) in [6, 6.07) is 24.1. The summed E-state index contributed by atoms with van der Waals surface area (Å²) in [6.45, 7) is 0.577. The Balaban J connectivity index is 1.52. The maximum Gasteiger partial charge on any atom is 0.125 e. The molecule has 1 heterocycles. The maximum absolute atomic E-state index is 9.71. The Bertz CT molecular complexity index is 861. The van der Waals surface area contributed by atoms with Crippen molar-refractivity contribution >= 4 is 5.69 Å². The zero-order chi connectivity index (χ0) is 17.1. The highest BCUT2D eigenvalue weighted by Crippen LogP contribution is 2.38. The van der Waals surface area contributed by atoms with Gasteiger partial charge in [0.1, 0.15) is 18.1 Å². The molecule has 0 saturated heterocycles. The quantitative estimate of drug-likeness (QED) is 0.701. The van der Waals surface area contributed by atoms with Crippen molar-refractivity contribution in [2.75, 3.05) is 5.32 Å². The van der Waals surface area contributed by atoms with Gasteiger partial charge in [-0.3, -0.25) is 0 Å². The summed E-state index contributed by atoms with van der Waals surface area (Å²) in [5.41, 5.74) is 4.63. The monoisotopic (exact) mass is 331 g/mol. The highest BCUT2D eigenvalue weighted by molar-refractivity contribution is 5.60. The first-order chi connectivity index (χ1) is 12.3. The molecule has 126 valence electrons. The molecule has 1 aliphatic heterocycles. The SMILES string of the molecule is Oc1cccc(C2CCc3c(cccc3OCc3ccccc3)N2)c1. The van der Waals surface area contributed by atoms with Crippen molar-refractivity contribution in [2.45, 2.75) is 25.5 Å². The number of nitrogens with one attached hydrogen (secondary N) is 1. The first-order valence-electron chi connectivity index (χ1n) is 8.64. The number of benzene rings is 3. The highest BCUT2D eigenvalue weighted by atomic mass is 16.5. The molecule has 0 bridgehead atoms. The zero-order valence-corrected chi connectivity index (χ0v) is 14.0. The van der Waals surface area contributed by atoms with Crippen LogP contribution in [0.5, 0.6) is 11.5 Å². The average Bonchev–Trinajstić information content (AvgIpc) is 2.66. The van der Waals surface area contributed by atoms with Gasteiger partial charge in [0.15, 0.2) is 0 Å². The fourth-order valence-corrected chi connectivity index (χ4v) is 3.37. The van der Waals surface area contributed by atoms with Gasteiger partial charge >= 0.3 is 0 Å². The number of anilines is 1. The third kappa shape index (κ3) is 3.45. The first kappa shape index (κ1) is 15.6. The third-order valence-electron chi connectivity index (χ3n) is 4.66. The van der Waals surface area contributed by atoms with Crippen LogP contribution in [0.25, 0.3) is 0 Å². The first-order valence-corrected chi connectivity index (χ1v) is 8.64. The van der Waals surface area contributed by atoms with Gasteiger partial charge in [-0.2, -0.15) is 0 Å². The Kier molecular flexibility index (Phi) is 4.30. The van der Waals surface area contributed by atoms with Crippen molar-refractivity contribution in [1.29, 1.82) is 0 Å². The lowest BCUT2D eigenvalue weighted by Gasteiger charge is -2.29. The molecule has 1 unspecified atom stereocenters. The van der Waals surface area contributed by atoms with E-state index in [0.717, 1.165) is 29.8 Å². The molecule has 0 amide bonds. The Morgan fingerprint density at radius 3 is 2.64 bits per heavy atom. The molecule has 0 fully saturated rings. The molecule has 3 nitrogen and oxygen atoms in total. The zero-order valence-electron chi connectivity index (χ0n) is 14.0. The van der Waals surface area contributed by atoms with E-state index < -0.39 is 0 Å². The fraction of sp³-hybridized carbons (Fsp3) is 0.182. The Morgan fingerprint density at radius 2 is 1.80 bits per heavy atom. The van der Waals surface area contributed by atoms with E-state index in [1.807, 2.05) is 42.5 Å². The van der Waals surface area contributed by atoms with Crippen molar-refractivity contribution in [3.8, 4) is 11.5 Å². The molecule has 0 radical (unpaired) electrons. The van der Waals surface area contributed by atoms with Gasteiger partial charge in [0.05, 0.1) is 6.04 Å². The number of hydrogen-bond acceptors (Lipinski definition) is 3. The van der Waals surface area contributed by atoms with Gasteiger partial charge in [-0.05, 0) is 48.2 Å². The molecule has 0 aliphatic carbocycles. The van der Waals surface area contributed by atoms with Crippen molar-refractivity contribution in [1.82, 2.24) is 0 Å². The molecule has 1 aliphatic rings. The van der Waals surface area contributed by atoms with Crippen LogP contribution in [-0.4, -0.2) is 5.11 Å². The molecule has 3 heteroatoms. The lowest BCUT2D eigenvalue weighted by molar-refractivity contribution is 0.302. The Morgan fingerprint density at radius 1 is 0.960 bits per heavy atom. The van der Waals surface area contributed by atoms with Crippen molar-refractivity contribution < 1.29 is 9.84 Å². The number of fused-ring (bicyclic) bond motifs is 1. The standard InChI is InChI=1S/C22H21NO2/c24-18-9-4-8-17(14-18)20-13-12-19-21(23-20)10-5-11-22(19)25-15-16-6-2-1-3-7-16/h1-11,14,20,23-24H,12-13,15H2. The van der Waals surface area contributed by atoms with Gasteiger partial charge in [0.25, 0.3) is 0 Å². The molecule has 1 atom stereocenters. The molecule has 0 aromatic heterocycles. The maximum atomic E-state index is 9.71. The molecule has 0 saturated carbocycles. The molecular weight excluding hydrogens is 310 g/mol. The van der Waals surface area contributed by atoms with Crippen LogP contribution in [-0.2, 0) is 13.0 Å². The van der Waals surface area contributed by atoms with Gasteiger partial charge in [0, 0.05) is 11.3 Å². The van der Waals surface area contributed by atoms with Crippen LogP contribution in [0.2, 0.25) is 0 Å². The van der Waals surface area contributed by atoms with Gasteiger partial charge in [-0.15, -0.1) is 0 Å². The molecule has 0 spiro atoms. The number of aromatic hydroxyl groups is 1. The minimum atomic E-state index is 0.212. The fourth-order valence-electron chi connectivity index (χ4n) is 3.37. The number of hydrogen-bond donors (Lipinski definition) is 2. The van der Waals surface area contributed by atoms with Crippen LogP contribution in [0.15, 0.2) is 72.8 Å². The minimum absolute atomic E-state index is 0.212. The molecule has 3 aromatic rings. The normalized spacial score (nSPS) is 15.9. The van der Waals surface area contributed by atoms with Gasteiger partial charge in [-0.25, -0.2) is 0 Å². The summed E-state index contributed by atoms with van der Waals surface area (Å²) < 4.78 is 6.07. The predicted molar refractivity (Wildman–Crippen MR) is 100 cm³/mol. The Hall–Kier alpha value is -2.94. The van der Waals surface area contributed by atoms with E-state index in [9.17, 15) is 5.11 Å². The largest absolute Gasteiger partial charge is 0.508 e. The molecule has 3 aromatic carbocycles. The van der Waals surface area contributed by atoms with E-state index in [2.05, 4.69) is 29.6 Å². The predicted octanol–water partition coefficient (Wildman–Crippen LogP) is 5.07. The van der Waals surface area contributed by atoms with Crippen molar-refractivity contribution in [3.63, 3.8) is 0 Å². The van der Waals surface area contributed by atoms with Gasteiger partial charge in [-0.1, -0.05) is 48.5 Å². The summed E-state index contributed by atoms with van der Waals surface area (Å²) in [4.78, 5) is 0. The summed E-state index contributed by atoms with van der Waals surface area (Å²) in [5, 5.41) is 13.3. The van der Waals surface area contributed by atoms with E-state index in [4.69, 9.17) is 4.74 Å².